The number of sulfonamides is 1. The van der Waals surface area contributed by atoms with Crippen molar-refractivity contribution in [2.75, 3.05) is 0 Å². The SMILES string of the molecule is CC(N)Cc1ccc(S(=O)(=O)NC2CC2)cc1. The van der Waals surface area contributed by atoms with Crippen molar-refractivity contribution in [1.29, 1.82) is 0 Å². The predicted molar refractivity (Wildman–Crippen MR) is 67.1 cm³/mol. The molecule has 0 radical (unpaired) electrons. The molecule has 94 valence electrons. The van der Waals surface area contributed by atoms with Gasteiger partial charge in [-0.1, -0.05) is 12.1 Å². The summed E-state index contributed by atoms with van der Waals surface area (Å²) in [7, 11) is -3.32. The van der Waals surface area contributed by atoms with Gasteiger partial charge in [0.25, 0.3) is 0 Å². The van der Waals surface area contributed by atoms with Gasteiger partial charge in [0, 0.05) is 12.1 Å². The van der Waals surface area contributed by atoms with Crippen LogP contribution in [0.5, 0.6) is 0 Å². The summed E-state index contributed by atoms with van der Waals surface area (Å²) in [5, 5.41) is 0. The molecule has 0 bridgehead atoms. The third kappa shape index (κ3) is 3.52. The van der Waals surface area contributed by atoms with E-state index in [-0.39, 0.29) is 12.1 Å². The first-order valence-corrected chi connectivity index (χ1v) is 7.32. The monoisotopic (exact) mass is 254 g/mol. The molecule has 0 aromatic heterocycles. The highest BCUT2D eigenvalue weighted by molar-refractivity contribution is 7.89. The smallest absolute Gasteiger partial charge is 0.240 e. The van der Waals surface area contributed by atoms with Crippen LogP contribution in [0.1, 0.15) is 25.3 Å². The third-order valence-electron chi connectivity index (χ3n) is 2.69. The fraction of sp³-hybridized carbons (Fsp3) is 0.500. The maximum absolute atomic E-state index is 11.9. The first-order valence-electron chi connectivity index (χ1n) is 5.84. The molecule has 0 spiro atoms. The summed E-state index contributed by atoms with van der Waals surface area (Å²) in [6.07, 6.45) is 2.65. The van der Waals surface area contributed by atoms with Crippen LogP contribution >= 0.6 is 0 Å². The summed E-state index contributed by atoms with van der Waals surface area (Å²) in [6.45, 7) is 1.93. The Labute approximate surface area is 102 Å². The minimum atomic E-state index is -3.32. The standard InChI is InChI=1S/C12H18N2O2S/c1-9(13)8-10-2-6-12(7-3-10)17(15,16)14-11-4-5-11/h2-3,6-7,9,11,14H,4-5,8,13H2,1H3. The van der Waals surface area contributed by atoms with Crippen molar-refractivity contribution in [3.63, 3.8) is 0 Å². The van der Waals surface area contributed by atoms with Gasteiger partial charge >= 0.3 is 0 Å². The summed E-state index contributed by atoms with van der Waals surface area (Å²) in [6, 6.07) is 7.16. The van der Waals surface area contributed by atoms with Gasteiger partial charge in [-0.05, 0) is 43.9 Å². The zero-order valence-corrected chi connectivity index (χ0v) is 10.7. The van der Waals surface area contributed by atoms with Crippen LogP contribution in [-0.2, 0) is 16.4 Å². The van der Waals surface area contributed by atoms with Gasteiger partial charge < -0.3 is 5.73 Å². The molecule has 0 amide bonds. The highest BCUT2D eigenvalue weighted by atomic mass is 32.2. The molecule has 2 rings (SSSR count). The van der Waals surface area contributed by atoms with Crippen molar-refractivity contribution in [2.24, 2.45) is 5.73 Å². The van der Waals surface area contributed by atoms with E-state index < -0.39 is 10.0 Å². The molecule has 0 heterocycles. The summed E-state index contributed by atoms with van der Waals surface area (Å²) in [5.41, 5.74) is 6.75. The van der Waals surface area contributed by atoms with Gasteiger partial charge in [-0.15, -0.1) is 0 Å². The number of hydrogen-bond donors (Lipinski definition) is 2. The molecule has 1 unspecified atom stereocenters. The average molecular weight is 254 g/mol. The second-order valence-corrected chi connectivity index (χ2v) is 6.43. The van der Waals surface area contributed by atoms with Crippen LogP contribution < -0.4 is 10.5 Å². The van der Waals surface area contributed by atoms with Gasteiger partial charge in [0.15, 0.2) is 0 Å². The van der Waals surface area contributed by atoms with E-state index in [0.29, 0.717) is 4.90 Å². The largest absolute Gasteiger partial charge is 0.328 e. The highest BCUT2D eigenvalue weighted by Crippen LogP contribution is 2.22. The molecule has 4 nitrogen and oxygen atoms in total. The van der Waals surface area contributed by atoms with Gasteiger partial charge in [-0.25, -0.2) is 13.1 Å². The number of hydrogen-bond acceptors (Lipinski definition) is 3. The number of nitrogens with one attached hydrogen (secondary N) is 1. The summed E-state index contributed by atoms with van der Waals surface area (Å²) < 4.78 is 26.4. The van der Waals surface area contributed by atoms with E-state index >= 15 is 0 Å². The van der Waals surface area contributed by atoms with Crippen LogP contribution in [0, 0.1) is 0 Å². The lowest BCUT2D eigenvalue weighted by atomic mass is 10.1. The van der Waals surface area contributed by atoms with E-state index in [4.69, 9.17) is 5.73 Å². The molecule has 1 aliphatic carbocycles. The van der Waals surface area contributed by atoms with Crippen LogP contribution in [0.4, 0.5) is 0 Å². The Morgan fingerprint density at radius 3 is 2.41 bits per heavy atom. The van der Waals surface area contributed by atoms with Gasteiger partial charge in [-0.2, -0.15) is 0 Å². The summed E-state index contributed by atoms with van der Waals surface area (Å²) >= 11 is 0. The van der Waals surface area contributed by atoms with Crippen LogP contribution in [0.2, 0.25) is 0 Å². The van der Waals surface area contributed by atoms with Gasteiger partial charge in [0.1, 0.15) is 0 Å². The number of nitrogens with two attached hydrogens (primary N) is 1. The van der Waals surface area contributed by atoms with Crippen molar-refractivity contribution in [3.05, 3.63) is 29.8 Å². The van der Waals surface area contributed by atoms with E-state index in [9.17, 15) is 8.42 Å². The molecule has 1 atom stereocenters. The lowest BCUT2D eigenvalue weighted by Crippen LogP contribution is -2.25. The summed E-state index contributed by atoms with van der Waals surface area (Å²) in [5.74, 6) is 0. The molecule has 0 aliphatic heterocycles. The normalized spacial score (nSPS) is 18.0. The number of rotatable bonds is 5. The molecular weight excluding hydrogens is 236 g/mol. The van der Waals surface area contributed by atoms with E-state index in [2.05, 4.69) is 4.72 Å². The van der Waals surface area contributed by atoms with Crippen LogP contribution in [0.3, 0.4) is 0 Å². The average Bonchev–Trinajstić information content (AvgIpc) is 3.01. The molecule has 1 aromatic carbocycles. The first kappa shape index (κ1) is 12.5. The van der Waals surface area contributed by atoms with Gasteiger partial charge in [-0.3, -0.25) is 0 Å². The van der Waals surface area contributed by atoms with Crippen molar-refractivity contribution < 1.29 is 8.42 Å². The van der Waals surface area contributed by atoms with Gasteiger partial charge in [0.2, 0.25) is 10.0 Å². The minimum absolute atomic E-state index is 0.0852. The second-order valence-electron chi connectivity index (χ2n) is 4.72. The van der Waals surface area contributed by atoms with E-state index in [1.54, 1.807) is 12.1 Å². The first-order chi connectivity index (χ1) is 7.97. The Bertz CT molecular complexity index is 476. The van der Waals surface area contributed by atoms with Crippen molar-refractivity contribution in [1.82, 2.24) is 4.72 Å². The van der Waals surface area contributed by atoms with E-state index in [1.807, 2.05) is 19.1 Å². The third-order valence-corrected chi connectivity index (χ3v) is 4.23. The van der Waals surface area contributed by atoms with E-state index in [0.717, 1.165) is 24.8 Å². The second kappa shape index (κ2) is 4.76. The predicted octanol–water partition coefficient (Wildman–Crippen LogP) is 1.02. The quantitative estimate of drug-likeness (QED) is 0.824. The molecule has 1 saturated carbocycles. The van der Waals surface area contributed by atoms with Crippen LogP contribution in [0.25, 0.3) is 0 Å². The molecule has 17 heavy (non-hydrogen) atoms. The lowest BCUT2D eigenvalue weighted by Gasteiger charge is -2.08. The van der Waals surface area contributed by atoms with Crippen LogP contribution in [0.15, 0.2) is 29.2 Å². The zero-order chi connectivity index (χ0) is 12.5. The topological polar surface area (TPSA) is 72.2 Å². The lowest BCUT2D eigenvalue weighted by molar-refractivity contribution is 0.581. The molecule has 1 aromatic rings. The molecule has 0 saturated heterocycles. The fourth-order valence-electron chi connectivity index (χ4n) is 1.67. The highest BCUT2D eigenvalue weighted by Gasteiger charge is 2.27. The Morgan fingerprint density at radius 2 is 1.94 bits per heavy atom. The molecule has 5 heteroatoms. The molecule has 1 aliphatic rings. The number of benzene rings is 1. The Balaban J connectivity index is 2.11. The Morgan fingerprint density at radius 1 is 1.35 bits per heavy atom. The fourth-order valence-corrected chi connectivity index (χ4v) is 2.97. The summed E-state index contributed by atoms with van der Waals surface area (Å²) in [4.78, 5) is 0.331. The Kier molecular flexibility index (Phi) is 3.51. The van der Waals surface area contributed by atoms with Gasteiger partial charge in [0.05, 0.1) is 4.90 Å². The Hall–Kier alpha value is -0.910. The molecular formula is C12H18N2O2S. The maximum Gasteiger partial charge on any atom is 0.240 e. The van der Waals surface area contributed by atoms with Crippen molar-refractivity contribution >= 4 is 10.0 Å². The van der Waals surface area contributed by atoms with Crippen molar-refractivity contribution in [3.8, 4) is 0 Å². The minimum Gasteiger partial charge on any atom is -0.328 e. The van der Waals surface area contributed by atoms with Crippen LogP contribution in [-0.4, -0.2) is 20.5 Å². The van der Waals surface area contributed by atoms with E-state index in [1.165, 1.54) is 0 Å². The molecule has 3 N–H and O–H groups in total. The van der Waals surface area contributed by atoms with Crippen molar-refractivity contribution in [2.45, 2.75) is 43.2 Å². The maximum atomic E-state index is 11.9. The molecule has 1 fully saturated rings. The zero-order valence-electron chi connectivity index (χ0n) is 9.89.